The summed E-state index contributed by atoms with van der Waals surface area (Å²) in [6, 6.07) is 18.6. The number of rotatable bonds is 2. The van der Waals surface area contributed by atoms with Crippen molar-refractivity contribution in [3.05, 3.63) is 83.1 Å². The van der Waals surface area contributed by atoms with Gasteiger partial charge in [0.15, 0.2) is 5.78 Å². The van der Waals surface area contributed by atoms with E-state index in [1.165, 1.54) is 11.1 Å². The van der Waals surface area contributed by atoms with Crippen molar-refractivity contribution in [2.24, 2.45) is 0 Å². The summed E-state index contributed by atoms with van der Waals surface area (Å²) in [5.41, 5.74) is 5.51. The van der Waals surface area contributed by atoms with Gasteiger partial charge in [-0.05, 0) is 36.6 Å². The normalized spacial score (nSPS) is 21.4. The Labute approximate surface area is 135 Å². The average Bonchev–Trinajstić information content (AvgIpc) is 3.10. The zero-order valence-electron chi connectivity index (χ0n) is 13.3. The van der Waals surface area contributed by atoms with Crippen LogP contribution in [-0.4, -0.2) is 10.8 Å². The molecule has 1 aliphatic carbocycles. The summed E-state index contributed by atoms with van der Waals surface area (Å²) in [5.74, 6) is 0.248. The van der Waals surface area contributed by atoms with Crippen LogP contribution in [0.3, 0.4) is 0 Å². The van der Waals surface area contributed by atoms with Crippen LogP contribution in [0.15, 0.2) is 71.9 Å². The van der Waals surface area contributed by atoms with Gasteiger partial charge in [-0.1, -0.05) is 54.1 Å². The van der Waals surface area contributed by atoms with E-state index in [1.54, 1.807) is 0 Å². The largest absolute Gasteiger partial charge is 0.361 e. The summed E-state index contributed by atoms with van der Waals surface area (Å²) in [4.78, 5) is 16.3. The number of aromatic nitrogens is 1. The molecule has 114 valence electrons. The molecule has 2 heteroatoms. The quantitative estimate of drug-likeness (QED) is 0.713. The van der Waals surface area contributed by atoms with Crippen LogP contribution in [0.1, 0.15) is 36.8 Å². The van der Waals surface area contributed by atoms with Gasteiger partial charge in [-0.25, -0.2) is 0 Å². The van der Waals surface area contributed by atoms with Gasteiger partial charge in [0.2, 0.25) is 0 Å². The van der Waals surface area contributed by atoms with Gasteiger partial charge in [-0.2, -0.15) is 0 Å². The summed E-state index contributed by atoms with van der Waals surface area (Å²) >= 11 is 0. The molecule has 23 heavy (non-hydrogen) atoms. The lowest BCUT2D eigenvalue weighted by atomic mass is 9.80. The fourth-order valence-corrected chi connectivity index (χ4v) is 3.84. The number of fused-ring (bicyclic) bond motifs is 1. The molecule has 0 saturated carbocycles. The number of allylic oxidation sites excluding steroid dienone is 2. The second kappa shape index (κ2) is 5.24. The van der Waals surface area contributed by atoms with E-state index in [1.807, 2.05) is 43.5 Å². The molecule has 0 radical (unpaired) electrons. The maximum atomic E-state index is 13.0. The minimum absolute atomic E-state index is 0.128. The third kappa shape index (κ3) is 2.06. The molecule has 3 aromatic rings. The summed E-state index contributed by atoms with van der Waals surface area (Å²) in [6.45, 7) is 4.06. The first-order valence-electron chi connectivity index (χ1n) is 8.01. The third-order valence-corrected chi connectivity index (χ3v) is 5.16. The standard InChI is InChI=1S/C21H19NO/c1-13-14(2)21(23)20(19(13)15-8-4-3-5-9-15)17-12-22-18-11-7-6-10-16(17)18/h3-12,19-20,22H,1-2H3/t19-,20-/m1/s1. The van der Waals surface area contributed by atoms with Gasteiger partial charge in [0.05, 0.1) is 5.92 Å². The third-order valence-electron chi connectivity index (χ3n) is 5.16. The summed E-state index contributed by atoms with van der Waals surface area (Å²) in [6.07, 6.45) is 2.01. The Morgan fingerprint density at radius 2 is 1.57 bits per heavy atom. The molecule has 1 aromatic heterocycles. The lowest BCUT2D eigenvalue weighted by Crippen LogP contribution is -2.14. The van der Waals surface area contributed by atoms with Crippen LogP contribution in [0, 0.1) is 0 Å². The molecular formula is C21H19NO. The molecule has 0 fully saturated rings. The number of para-hydroxylation sites is 1. The van der Waals surface area contributed by atoms with E-state index in [-0.39, 0.29) is 17.6 Å². The van der Waals surface area contributed by atoms with Crippen molar-refractivity contribution < 1.29 is 4.79 Å². The second-order valence-corrected chi connectivity index (χ2v) is 6.33. The molecule has 2 aromatic carbocycles. The minimum Gasteiger partial charge on any atom is -0.361 e. The van der Waals surface area contributed by atoms with Crippen LogP contribution in [0.25, 0.3) is 10.9 Å². The van der Waals surface area contributed by atoms with Crippen molar-refractivity contribution in [3.8, 4) is 0 Å². The maximum Gasteiger partial charge on any atom is 0.167 e. The van der Waals surface area contributed by atoms with E-state index in [0.717, 1.165) is 22.0 Å². The Kier molecular flexibility index (Phi) is 3.19. The Morgan fingerprint density at radius 1 is 0.870 bits per heavy atom. The van der Waals surface area contributed by atoms with E-state index < -0.39 is 0 Å². The predicted molar refractivity (Wildman–Crippen MR) is 93.6 cm³/mol. The van der Waals surface area contributed by atoms with Crippen molar-refractivity contribution in [2.75, 3.05) is 0 Å². The SMILES string of the molecule is CC1=C(C)[C@H](c2ccccc2)[C@@H](c2c[nH]c3ccccc23)C1=O. The van der Waals surface area contributed by atoms with E-state index >= 15 is 0 Å². The number of H-pyrrole nitrogens is 1. The number of carbonyl (C=O) groups excluding carboxylic acids is 1. The molecule has 1 aliphatic rings. The zero-order chi connectivity index (χ0) is 16.0. The molecule has 0 bridgehead atoms. The molecule has 0 unspecified atom stereocenters. The number of Topliss-reactive ketones (excluding diaryl/α,β-unsaturated/α-hetero) is 1. The van der Waals surface area contributed by atoms with Gasteiger partial charge in [-0.15, -0.1) is 0 Å². The highest BCUT2D eigenvalue weighted by molar-refractivity contribution is 6.07. The second-order valence-electron chi connectivity index (χ2n) is 6.33. The molecule has 0 saturated heterocycles. The number of ketones is 1. The van der Waals surface area contributed by atoms with Crippen molar-refractivity contribution in [2.45, 2.75) is 25.7 Å². The molecule has 0 spiro atoms. The number of benzene rings is 2. The number of aromatic amines is 1. The van der Waals surface area contributed by atoms with Gasteiger partial charge in [0.25, 0.3) is 0 Å². The van der Waals surface area contributed by atoms with Crippen molar-refractivity contribution in [1.82, 2.24) is 4.98 Å². The van der Waals surface area contributed by atoms with E-state index in [2.05, 4.69) is 36.2 Å². The fraction of sp³-hybridized carbons (Fsp3) is 0.190. The highest BCUT2D eigenvalue weighted by Crippen LogP contribution is 2.48. The first-order chi connectivity index (χ1) is 11.2. The number of nitrogens with one attached hydrogen (secondary N) is 1. The van der Waals surface area contributed by atoms with Gasteiger partial charge >= 0.3 is 0 Å². The van der Waals surface area contributed by atoms with Crippen molar-refractivity contribution in [1.29, 1.82) is 0 Å². The molecule has 1 N–H and O–H groups in total. The van der Waals surface area contributed by atoms with Gasteiger partial charge < -0.3 is 4.98 Å². The van der Waals surface area contributed by atoms with Gasteiger partial charge in [0, 0.05) is 23.0 Å². The molecule has 2 nitrogen and oxygen atoms in total. The van der Waals surface area contributed by atoms with Crippen LogP contribution in [0.4, 0.5) is 0 Å². The van der Waals surface area contributed by atoms with Gasteiger partial charge in [-0.3, -0.25) is 4.79 Å². The van der Waals surface area contributed by atoms with Crippen molar-refractivity contribution in [3.63, 3.8) is 0 Å². The number of carbonyl (C=O) groups is 1. The monoisotopic (exact) mass is 301 g/mol. The van der Waals surface area contributed by atoms with Crippen LogP contribution in [0.5, 0.6) is 0 Å². The van der Waals surface area contributed by atoms with Crippen LogP contribution in [0.2, 0.25) is 0 Å². The Hall–Kier alpha value is -2.61. The lowest BCUT2D eigenvalue weighted by Gasteiger charge is -2.21. The zero-order valence-corrected chi connectivity index (χ0v) is 13.3. The predicted octanol–water partition coefficient (Wildman–Crippen LogP) is 4.95. The summed E-state index contributed by atoms with van der Waals surface area (Å²) in [5, 5.41) is 1.15. The Bertz CT molecular complexity index is 917. The fourth-order valence-electron chi connectivity index (χ4n) is 3.84. The topological polar surface area (TPSA) is 32.9 Å². The molecule has 0 amide bonds. The first-order valence-corrected chi connectivity index (χ1v) is 8.01. The number of hydrogen-bond donors (Lipinski definition) is 1. The smallest absolute Gasteiger partial charge is 0.167 e. The van der Waals surface area contributed by atoms with E-state index in [9.17, 15) is 4.79 Å². The molecular weight excluding hydrogens is 282 g/mol. The van der Waals surface area contributed by atoms with E-state index in [4.69, 9.17) is 0 Å². The Morgan fingerprint density at radius 3 is 2.35 bits per heavy atom. The van der Waals surface area contributed by atoms with Crippen molar-refractivity contribution >= 4 is 16.7 Å². The average molecular weight is 301 g/mol. The van der Waals surface area contributed by atoms with Crippen LogP contribution < -0.4 is 0 Å². The molecule has 0 aliphatic heterocycles. The van der Waals surface area contributed by atoms with Crippen LogP contribution in [-0.2, 0) is 4.79 Å². The van der Waals surface area contributed by atoms with Gasteiger partial charge in [0.1, 0.15) is 0 Å². The highest BCUT2D eigenvalue weighted by Gasteiger charge is 2.40. The maximum absolute atomic E-state index is 13.0. The number of hydrogen-bond acceptors (Lipinski definition) is 1. The highest BCUT2D eigenvalue weighted by atomic mass is 16.1. The lowest BCUT2D eigenvalue weighted by molar-refractivity contribution is -0.116. The van der Waals surface area contributed by atoms with E-state index in [0.29, 0.717) is 0 Å². The summed E-state index contributed by atoms with van der Waals surface area (Å²) < 4.78 is 0. The summed E-state index contributed by atoms with van der Waals surface area (Å²) in [7, 11) is 0. The molecule has 4 rings (SSSR count). The Balaban J connectivity index is 1.91. The van der Waals surface area contributed by atoms with Crippen LogP contribution >= 0.6 is 0 Å². The molecule has 1 heterocycles. The first kappa shape index (κ1) is 14.0. The molecule has 2 atom stereocenters. The minimum atomic E-state index is -0.131.